The van der Waals surface area contributed by atoms with E-state index in [9.17, 15) is 0 Å². The van der Waals surface area contributed by atoms with Crippen LogP contribution in [0.2, 0.25) is 0 Å². The molecule has 1 aliphatic rings. The third-order valence-electron chi connectivity index (χ3n) is 4.12. The Labute approximate surface area is 119 Å². The van der Waals surface area contributed by atoms with Crippen LogP contribution in [0.4, 0.5) is 0 Å². The number of benzene rings is 1. The van der Waals surface area contributed by atoms with E-state index in [2.05, 4.69) is 52.0 Å². The summed E-state index contributed by atoms with van der Waals surface area (Å²) in [5.74, 6) is 0.850. The second kappa shape index (κ2) is 6.69. The molecule has 3 heteroatoms. The number of hydrogen-bond acceptors (Lipinski definition) is 2. The van der Waals surface area contributed by atoms with Crippen molar-refractivity contribution >= 4 is 15.9 Å². The Morgan fingerprint density at radius 2 is 1.89 bits per heavy atom. The molecule has 0 radical (unpaired) electrons. The third-order valence-corrected chi connectivity index (χ3v) is 4.65. The lowest BCUT2D eigenvalue weighted by molar-refractivity contribution is 0.138. The molecule has 0 aromatic heterocycles. The third kappa shape index (κ3) is 3.56. The Hall–Kier alpha value is -0.380. The molecule has 2 nitrogen and oxygen atoms in total. The second-order valence-corrected chi connectivity index (χ2v) is 6.20. The number of halogens is 1. The maximum absolute atomic E-state index is 5.64. The van der Waals surface area contributed by atoms with E-state index in [4.69, 9.17) is 5.73 Å². The first kappa shape index (κ1) is 14.0. The second-order valence-electron chi connectivity index (χ2n) is 5.28. The molecule has 18 heavy (non-hydrogen) atoms. The van der Waals surface area contributed by atoms with Crippen LogP contribution < -0.4 is 5.73 Å². The number of likely N-dealkylation sites (tertiary alicyclic amines) is 1. The first-order chi connectivity index (χ1) is 8.70. The van der Waals surface area contributed by atoms with Crippen molar-refractivity contribution in [2.24, 2.45) is 11.7 Å². The van der Waals surface area contributed by atoms with Crippen LogP contribution in [0.1, 0.15) is 37.8 Å². The maximum Gasteiger partial charge on any atom is 0.0319 e. The molecule has 1 aromatic rings. The lowest BCUT2D eigenvalue weighted by Crippen LogP contribution is -2.36. The first-order valence-corrected chi connectivity index (χ1v) is 7.69. The highest BCUT2D eigenvalue weighted by Crippen LogP contribution is 2.28. The summed E-state index contributed by atoms with van der Waals surface area (Å²) in [5, 5.41) is 0. The van der Waals surface area contributed by atoms with Gasteiger partial charge in [-0.25, -0.2) is 0 Å². The van der Waals surface area contributed by atoms with Gasteiger partial charge in [-0.3, -0.25) is 4.90 Å². The Morgan fingerprint density at radius 1 is 1.28 bits per heavy atom. The fourth-order valence-corrected chi connectivity index (χ4v) is 3.08. The van der Waals surface area contributed by atoms with Crippen LogP contribution in [0.15, 0.2) is 28.7 Å². The van der Waals surface area contributed by atoms with Gasteiger partial charge < -0.3 is 5.73 Å². The Balaban J connectivity index is 1.91. The van der Waals surface area contributed by atoms with E-state index in [0.717, 1.165) is 16.9 Å². The number of nitrogens with zero attached hydrogens (tertiary/aromatic N) is 1. The quantitative estimate of drug-likeness (QED) is 0.921. The standard InChI is InChI=1S/C15H23BrN2/c1-12(14-2-4-15(16)5-3-14)18-10-7-13(6-9-17)8-11-18/h2-5,12-13H,6-11,17H2,1H3. The molecule has 0 aliphatic carbocycles. The number of nitrogens with two attached hydrogens (primary N) is 1. The van der Waals surface area contributed by atoms with Crippen LogP contribution in [0.3, 0.4) is 0 Å². The molecule has 1 heterocycles. The molecule has 1 fully saturated rings. The molecular formula is C15H23BrN2. The summed E-state index contributed by atoms with van der Waals surface area (Å²) in [6.45, 7) is 5.57. The summed E-state index contributed by atoms with van der Waals surface area (Å²) in [6, 6.07) is 9.23. The fourth-order valence-electron chi connectivity index (χ4n) is 2.82. The van der Waals surface area contributed by atoms with Crippen molar-refractivity contribution in [3.63, 3.8) is 0 Å². The van der Waals surface area contributed by atoms with Crippen LogP contribution >= 0.6 is 15.9 Å². The average molecular weight is 311 g/mol. The highest BCUT2D eigenvalue weighted by atomic mass is 79.9. The van der Waals surface area contributed by atoms with E-state index in [1.165, 1.54) is 37.9 Å². The Morgan fingerprint density at radius 3 is 2.44 bits per heavy atom. The number of hydrogen-bond donors (Lipinski definition) is 1. The average Bonchev–Trinajstić information content (AvgIpc) is 2.40. The molecule has 2 N–H and O–H groups in total. The summed E-state index contributed by atoms with van der Waals surface area (Å²) in [7, 11) is 0. The van der Waals surface area contributed by atoms with Gasteiger partial charge in [-0.05, 0) is 69.4 Å². The van der Waals surface area contributed by atoms with Crippen molar-refractivity contribution in [2.45, 2.75) is 32.2 Å². The summed E-state index contributed by atoms with van der Waals surface area (Å²) in [5.41, 5.74) is 7.05. The normalized spacial score (nSPS) is 19.9. The lowest BCUT2D eigenvalue weighted by atomic mass is 9.92. The van der Waals surface area contributed by atoms with Crippen LogP contribution in [0.25, 0.3) is 0 Å². The molecule has 1 unspecified atom stereocenters. The molecular weight excluding hydrogens is 288 g/mol. The van der Waals surface area contributed by atoms with Gasteiger partial charge in [0.2, 0.25) is 0 Å². The van der Waals surface area contributed by atoms with Crippen molar-refractivity contribution in [2.75, 3.05) is 19.6 Å². The Bertz CT molecular complexity index is 355. The van der Waals surface area contributed by atoms with Crippen LogP contribution in [-0.2, 0) is 0 Å². The van der Waals surface area contributed by atoms with Crippen molar-refractivity contribution in [1.29, 1.82) is 0 Å². The minimum absolute atomic E-state index is 0.525. The summed E-state index contributed by atoms with van der Waals surface area (Å²) < 4.78 is 1.15. The van der Waals surface area contributed by atoms with Crippen LogP contribution in [0, 0.1) is 5.92 Å². The zero-order valence-electron chi connectivity index (χ0n) is 11.1. The number of rotatable bonds is 4. The summed E-state index contributed by atoms with van der Waals surface area (Å²) in [4.78, 5) is 2.59. The van der Waals surface area contributed by atoms with Gasteiger partial charge >= 0.3 is 0 Å². The molecule has 1 saturated heterocycles. The van der Waals surface area contributed by atoms with Crippen molar-refractivity contribution in [1.82, 2.24) is 4.90 Å². The molecule has 1 aliphatic heterocycles. The molecule has 100 valence electrons. The SMILES string of the molecule is CC(c1ccc(Br)cc1)N1CCC(CCN)CC1. The predicted molar refractivity (Wildman–Crippen MR) is 80.5 cm³/mol. The van der Waals surface area contributed by atoms with Gasteiger partial charge in [0, 0.05) is 10.5 Å². The van der Waals surface area contributed by atoms with Crippen LogP contribution in [0.5, 0.6) is 0 Å². The van der Waals surface area contributed by atoms with Gasteiger partial charge in [-0.2, -0.15) is 0 Å². The van der Waals surface area contributed by atoms with Crippen LogP contribution in [-0.4, -0.2) is 24.5 Å². The van der Waals surface area contributed by atoms with Gasteiger partial charge in [-0.1, -0.05) is 28.1 Å². The largest absolute Gasteiger partial charge is 0.330 e. The van der Waals surface area contributed by atoms with E-state index < -0.39 is 0 Å². The summed E-state index contributed by atoms with van der Waals surface area (Å²) in [6.07, 6.45) is 3.80. The van der Waals surface area contributed by atoms with E-state index >= 15 is 0 Å². The lowest BCUT2D eigenvalue weighted by Gasteiger charge is -2.36. The van der Waals surface area contributed by atoms with E-state index in [1.807, 2.05) is 0 Å². The van der Waals surface area contributed by atoms with Crippen molar-refractivity contribution < 1.29 is 0 Å². The van der Waals surface area contributed by atoms with Crippen molar-refractivity contribution in [3.8, 4) is 0 Å². The topological polar surface area (TPSA) is 29.3 Å². The highest BCUT2D eigenvalue weighted by Gasteiger charge is 2.22. The van der Waals surface area contributed by atoms with Gasteiger partial charge in [0.05, 0.1) is 0 Å². The van der Waals surface area contributed by atoms with Gasteiger partial charge in [-0.15, -0.1) is 0 Å². The maximum atomic E-state index is 5.64. The van der Waals surface area contributed by atoms with Gasteiger partial charge in [0.1, 0.15) is 0 Å². The van der Waals surface area contributed by atoms with Gasteiger partial charge in [0.25, 0.3) is 0 Å². The van der Waals surface area contributed by atoms with E-state index in [-0.39, 0.29) is 0 Å². The molecule has 1 atom stereocenters. The molecule has 0 spiro atoms. The monoisotopic (exact) mass is 310 g/mol. The predicted octanol–water partition coefficient (Wildman–Crippen LogP) is 3.57. The minimum atomic E-state index is 0.525. The fraction of sp³-hybridized carbons (Fsp3) is 0.600. The zero-order chi connectivity index (χ0) is 13.0. The Kier molecular flexibility index (Phi) is 5.22. The van der Waals surface area contributed by atoms with E-state index in [1.54, 1.807) is 0 Å². The number of piperidine rings is 1. The minimum Gasteiger partial charge on any atom is -0.330 e. The molecule has 1 aromatic carbocycles. The molecule has 0 amide bonds. The summed E-state index contributed by atoms with van der Waals surface area (Å²) >= 11 is 3.49. The van der Waals surface area contributed by atoms with Crippen molar-refractivity contribution in [3.05, 3.63) is 34.3 Å². The van der Waals surface area contributed by atoms with E-state index in [0.29, 0.717) is 6.04 Å². The molecule has 2 rings (SSSR count). The molecule has 0 bridgehead atoms. The zero-order valence-corrected chi connectivity index (χ0v) is 12.7. The highest BCUT2D eigenvalue weighted by molar-refractivity contribution is 9.10. The first-order valence-electron chi connectivity index (χ1n) is 6.90. The molecule has 0 saturated carbocycles. The van der Waals surface area contributed by atoms with Gasteiger partial charge in [0.15, 0.2) is 0 Å². The smallest absolute Gasteiger partial charge is 0.0319 e.